The van der Waals surface area contributed by atoms with Gasteiger partial charge in [0.05, 0.1) is 23.1 Å². The highest BCUT2D eigenvalue weighted by Gasteiger charge is 2.37. The average molecular weight is 217 g/mol. The summed E-state index contributed by atoms with van der Waals surface area (Å²) in [6.07, 6.45) is 9.05. The van der Waals surface area contributed by atoms with Gasteiger partial charge in [0.2, 0.25) is 0 Å². The molecule has 2 unspecified atom stereocenters. The fourth-order valence-electron chi connectivity index (χ4n) is 3.17. The number of rotatable bonds is 0. The fourth-order valence-corrected chi connectivity index (χ4v) is 3.17. The molecule has 2 aliphatic rings. The molecule has 86 valence electrons. The Kier molecular flexibility index (Phi) is 2.27. The maximum absolute atomic E-state index is 4.14. The van der Waals surface area contributed by atoms with Crippen LogP contribution in [-0.4, -0.2) is 17.1 Å². The first kappa shape index (κ1) is 9.94. The van der Waals surface area contributed by atoms with Gasteiger partial charge in [-0.25, -0.2) is 0 Å². The topological polar surface area (TPSA) is 37.0 Å². The molecule has 0 bridgehead atoms. The van der Waals surface area contributed by atoms with Crippen molar-refractivity contribution in [2.45, 2.75) is 38.1 Å². The molecule has 1 saturated carbocycles. The van der Waals surface area contributed by atoms with Crippen LogP contribution >= 0.6 is 0 Å². The second kappa shape index (κ2) is 3.65. The highest BCUT2D eigenvalue weighted by Crippen LogP contribution is 2.39. The first-order valence-corrected chi connectivity index (χ1v) is 6.24. The van der Waals surface area contributed by atoms with E-state index in [4.69, 9.17) is 0 Å². The van der Waals surface area contributed by atoms with Gasteiger partial charge < -0.3 is 10.6 Å². The molecule has 3 heteroatoms. The number of hydrogen-bond acceptors (Lipinski definition) is 3. The lowest BCUT2D eigenvalue weighted by atomic mass is 9.75. The molecule has 2 N–H and O–H groups in total. The Bertz CT molecular complexity index is 391. The largest absolute Gasteiger partial charge is 0.380 e. The van der Waals surface area contributed by atoms with E-state index in [9.17, 15) is 0 Å². The van der Waals surface area contributed by atoms with Gasteiger partial charge in [0.25, 0.3) is 0 Å². The molecule has 0 aromatic carbocycles. The zero-order valence-corrected chi connectivity index (χ0v) is 9.79. The van der Waals surface area contributed by atoms with Crippen LogP contribution in [0, 0.1) is 5.92 Å². The molecule has 1 aromatic rings. The molecule has 2 heterocycles. The summed E-state index contributed by atoms with van der Waals surface area (Å²) in [4.78, 5) is 4.14. The Morgan fingerprint density at radius 3 is 3.25 bits per heavy atom. The Morgan fingerprint density at radius 1 is 1.44 bits per heavy atom. The minimum Gasteiger partial charge on any atom is -0.380 e. The standard InChI is InChI=1S/C13H19N3/c1-10-3-2-5-13(7-10)9-15-12-8-14-6-4-11(12)16-13/h4,6,8,10,15-16H,2-3,5,7,9H2,1H3. The van der Waals surface area contributed by atoms with Crippen LogP contribution < -0.4 is 10.6 Å². The zero-order valence-electron chi connectivity index (χ0n) is 9.79. The van der Waals surface area contributed by atoms with Gasteiger partial charge in [-0.2, -0.15) is 0 Å². The van der Waals surface area contributed by atoms with Crippen molar-refractivity contribution in [3.63, 3.8) is 0 Å². The van der Waals surface area contributed by atoms with E-state index in [1.54, 1.807) is 0 Å². The number of pyridine rings is 1. The fraction of sp³-hybridized carbons (Fsp3) is 0.615. The van der Waals surface area contributed by atoms with Crippen LogP contribution in [0.15, 0.2) is 18.5 Å². The van der Waals surface area contributed by atoms with Crippen LogP contribution in [0.25, 0.3) is 0 Å². The van der Waals surface area contributed by atoms with E-state index in [0.717, 1.165) is 18.2 Å². The molecule has 1 fully saturated rings. The summed E-state index contributed by atoms with van der Waals surface area (Å²) in [7, 11) is 0. The summed E-state index contributed by atoms with van der Waals surface area (Å²) in [5, 5.41) is 7.26. The third-order valence-electron chi connectivity index (χ3n) is 3.93. The quantitative estimate of drug-likeness (QED) is 0.701. The van der Waals surface area contributed by atoms with Gasteiger partial charge in [0, 0.05) is 12.7 Å². The van der Waals surface area contributed by atoms with Crippen molar-refractivity contribution < 1.29 is 0 Å². The molecule has 0 amide bonds. The van der Waals surface area contributed by atoms with E-state index in [1.807, 2.05) is 12.4 Å². The van der Waals surface area contributed by atoms with Gasteiger partial charge in [-0.1, -0.05) is 19.8 Å². The van der Waals surface area contributed by atoms with Crippen molar-refractivity contribution in [3.05, 3.63) is 18.5 Å². The minimum atomic E-state index is 0.284. The Hall–Kier alpha value is -1.25. The van der Waals surface area contributed by atoms with E-state index < -0.39 is 0 Å². The third-order valence-corrected chi connectivity index (χ3v) is 3.93. The van der Waals surface area contributed by atoms with Crippen molar-refractivity contribution >= 4 is 11.4 Å². The molecule has 1 spiro atoms. The number of aromatic nitrogens is 1. The predicted octanol–water partition coefficient (Wildman–Crippen LogP) is 2.87. The number of nitrogens with one attached hydrogen (secondary N) is 2. The second-order valence-electron chi connectivity index (χ2n) is 5.38. The average Bonchev–Trinajstić information content (AvgIpc) is 2.28. The number of fused-ring (bicyclic) bond motifs is 1. The SMILES string of the molecule is CC1CCCC2(CNc3cnccc3N2)C1. The molecule has 3 nitrogen and oxygen atoms in total. The van der Waals surface area contributed by atoms with Gasteiger partial charge in [-0.05, 0) is 24.8 Å². The smallest absolute Gasteiger partial charge is 0.0763 e. The molecule has 16 heavy (non-hydrogen) atoms. The van der Waals surface area contributed by atoms with E-state index in [0.29, 0.717) is 0 Å². The van der Waals surface area contributed by atoms with Crippen molar-refractivity contribution in [2.24, 2.45) is 5.92 Å². The third kappa shape index (κ3) is 1.64. The molecular weight excluding hydrogens is 198 g/mol. The van der Waals surface area contributed by atoms with Gasteiger partial charge >= 0.3 is 0 Å². The summed E-state index contributed by atoms with van der Waals surface area (Å²) in [6, 6.07) is 2.07. The maximum Gasteiger partial charge on any atom is 0.0763 e. The first-order valence-electron chi connectivity index (χ1n) is 6.24. The van der Waals surface area contributed by atoms with E-state index >= 15 is 0 Å². The summed E-state index contributed by atoms with van der Waals surface area (Å²) in [5.41, 5.74) is 2.65. The molecule has 3 rings (SSSR count). The summed E-state index contributed by atoms with van der Waals surface area (Å²) >= 11 is 0. The first-order chi connectivity index (χ1) is 7.77. The monoisotopic (exact) mass is 217 g/mol. The molecule has 1 aliphatic carbocycles. The minimum absolute atomic E-state index is 0.284. The predicted molar refractivity (Wildman–Crippen MR) is 66.7 cm³/mol. The normalized spacial score (nSPS) is 32.7. The highest BCUT2D eigenvalue weighted by atomic mass is 15.1. The van der Waals surface area contributed by atoms with Crippen LogP contribution in [0.1, 0.15) is 32.6 Å². The van der Waals surface area contributed by atoms with Gasteiger partial charge in [-0.3, -0.25) is 4.98 Å². The van der Waals surface area contributed by atoms with Crippen molar-refractivity contribution in [1.29, 1.82) is 0 Å². The Labute approximate surface area is 96.7 Å². The van der Waals surface area contributed by atoms with Crippen molar-refractivity contribution in [3.8, 4) is 0 Å². The second-order valence-corrected chi connectivity index (χ2v) is 5.38. The lowest BCUT2D eigenvalue weighted by molar-refractivity contribution is 0.266. The molecular formula is C13H19N3. The van der Waals surface area contributed by atoms with Crippen molar-refractivity contribution in [1.82, 2.24) is 4.98 Å². The van der Waals surface area contributed by atoms with Crippen LogP contribution in [0.2, 0.25) is 0 Å². The summed E-state index contributed by atoms with van der Waals surface area (Å²) in [6.45, 7) is 3.40. The van der Waals surface area contributed by atoms with Crippen LogP contribution in [0.4, 0.5) is 11.4 Å². The van der Waals surface area contributed by atoms with E-state index in [-0.39, 0.29) is 5.54 Å². The Morgan fingerprint density at radius 2 is 2.38 bits per heavy atom. The van der Waals surface area contributed by atoms with E-state index in [1.165, 1.54) is 31.4 Å². The zero-order chi connectivity index (χ0) is 11.0. The number of hydrogen-bond donors (Lipinski definition) is 2. The van der Waals surface area contributed by atoms with E-state index in [2.05, 4.69) is 28.6 Å². The lowest BCUT2D eigenvalue weighted by Gasteiger charge is -2.45. The summed E-state index contributed by atoms with van der Waals surface area (Å²) in [5.74, 6) is 0.839. The molecule has 0 radical (unpaired) electrons. The Balaban J connectivity index is 1.86. The van der Waals surface area contributed by atoms with Crippen molar-refractivity contribution in [2.75, 3.05) is 17.2 Å². The number of anilines is 2. The van der Waals surface area contributed by atoms with Gasteiger partial charge in [-0.15, -0.1) is 0 Å². The molecule has 1 aromatic heterocycles. The maximum atomic E-state index is 4.14. The van der Waals surface area contributed by atoms with Crippen LogP contribution in [0.3, 0.4) is 0 Å². The number of nitrogens with zero attached hydrogens (tertiary/aromatic N) is 1. The highest BCUT2D eigenvalue weighted by molar-refractivity contribution is 5.71. The van der Waals surface area contributed by atoms with Crippen LogP contribution in [0.5, 0.6) is 0 Å². The van der Waals surface area contributed by atoms with Gasteiger partial charge in [0.15, 0.2) is 0 Å². The lowest BCUT2D eigenvalue weighted by Crippen LogP contribution is -2.50. The molecule has 0 saturated heterocycles. The molecule has 1 aliphatic heterocycles. The van der Waals surface area contributed by atoms with Gasteiger partial charge in [0.1, 0.15) is 0 Å². The molecule has 2 atom stereocenters. The summed E-state index contributed by atoms with van der Waals surface area (Å²) < 4.78 is 0. The van der Waals surface area contributed by atoms with Crippen LogP contribution in [-0.2, 0) is 0 Å².